The highest BCUT2D eigenvalue weighted by Gasteiger charge is 2.28. The molecule has 2 aromatic rings. The van der Waals surface area contributed by atoms with Crippen molar-refractivity contribution in [2.45, 2.75) is 51.6 Å². The van der Waals surface area contributed by atoms with Crippen molar-refractivity contribution in [1.29, 1.82) is 0 Å². The van der Waals surface area contributed by atoms with Crippen LogP contribution in [0.25, 0.3) is 5.65 Å². The minimum absolute atomic E-state index is 0.000255. The lowest BCUT2D eigenvalue weighted by Gasteiger charge is -2.32. The van der Waals surface area contributed by atoms with Crippen molar-refractivity contribution in [2.24, 2.45) is 0 Å². The number of likely N-dealkylation sites (tertiary alicyclic amines) is 1. The average molecular weight is 387 g/mol. The molecule has 1 N–H and O–H groups in total. The lowest BCUT2D eigenvalue weighted by atomic mass is 9.95. The van der Waals surface area contributed by atoms with Gasteiger partial charge in [0.25, 0.3) is 5.56 Å². The van der Waals surface area contributed by atoms with Crippen LogP contribution in [0, 0.1) is 0 Å². The van der Waals surface area contributed by atoms with Crippen LogP contribution in [0.3, 0.4) is 0 Å². The Morgan fingerprint density at radius 1 is 1.39 bits per heavy atom. The van der Waals surface area contributed by atoms with Crippen molar-refractivity contribution in [3.8, 4) is 0 Å². The number of fused-ring (bicyclic) bond motifs is 2. The highest BCUT2D eigenvalue weighted by Crippen LogP contribution is 2.27. The average Bonchev–Trinajstić information content (AvgIpc) is 3.12. The maximum absolute atomic E-state index is 13.1. The van der Waals surface area contributed by atoms with E-state index in [1.54, 1.807) is 4.52 Å². The molecule has 28 heavy (non-hydrogen) atoms. The zero-order chi connectivity index (χ0) is 19.8. The Morgan fingerprint density at radius 2 is 2.21 bits per heavy atom. The van der Waals surface area contributed by atoms with Crippen molar-refractivity contribution in [2.75, 3.05) is 33.4 Å². The van der Waals surface area contributed by atoms with E-state index >= 15 is 0 Å². The molecular weight excluding hydrogens is 358 g/mol. The molecule has 4 rings (SSSR count). The van der Waals surface area contributed by atoms with Gasteiger partial charge in [0.05, 0.1) is 11.3 Å². The van der Waals surface area contributed by atoms with Gasteiger partial charge >= 0.3 is 0 Å². The molecule has 0 radical (unpaired) electrons. The molecule has 1 saturated heterocycles. The predicted molar refractivity (Wildman–Crippen MR) is 105 cm³/mol. The van der Waals surface area contributed by atoms with Gasteiger partial charge in [0, 0.05) is 63.4 Å². The van der Waals surface area contributed by atoms with Gasteiger partial charge in [-0.05, 0) is 26.7 Å². The lowest BCUT2D eigenvalue weighted by molar-refractivity contribution is -0.136. The Balaban J connectivity index is 1.63. The van der Waals surface area contributed by atoms with E-state index in [1.807, 2.05) is 11.0 Å². The van der Waals surface area contributed by atoms with Crippen LogP contribution >= 0.6 is 0 Å². The van der Waals surface area contributed by atoms with Gasteiger partial charge in [-0.15, -0.1) is 0 Å². The van der Waals surface area contributed by atoms with Crippen molar-refractivity contribution in [1.82, 2.24) is 24.4 Å². The number of methoxy groups -OCH3 is 1. The van der Waals surface area contributed by atoms with Gasteiger partial charge < -0.3 is 9.64 Å². The molecule has 8 heteroatoms. The summed E-state index contributed by atoms with van der Waals surface area (Å²) < 4.78 is 6.56. The summed E-state index contributed by atoms with van der Waals surface area (Å²) in [7, 11) is 1.54. The van der Waals surface area contributed by atoms with Crippen LogP contribution in [0.15, 0.2) is 10.9 Å². The first-order chi connectivity index (χ1) is 13.5. The number of rotatable bonds is 4. The first-order valence-corrected chi connectivity index (χ1v) is 10.1. The number of piperidine rings is 1. The summed E-state index contributed by atoms with van der Waals surface area (Å²) in [5.74, 6) is 0.197. The van der Waals surface area contributed by atoms with Crippen LogP contribution < -0.4 is 5.56 Å². The summed E-state index contributed by atoms with van der Waals surface area (Å²) in [5.41, 5.74) is 3.37. The number of aromatic nitrogens is 3. The molecule has 1 atom stereocenters. The summed E-state index contributed by atoms with van der Waals surface area (Å²) in [6, 6.07) is 2.39. The van der Waals surface area contributed by atoms with Crippen LogP contribution in [0.2, 0.25) is 0 Å². The van der Waals surface area contributed by atoms with Gasteiger partial charge in [-0.3, -0.25) is 19.6 Å². The number of nitrogens with zero attached hydrogens (tertiary/aromatic N) is 4. The number of ether oxygens (including phenoxy) is 1. The molecule has 1 amide bonds. The van der Waals surface area contributed by atoms with E-state index < -0.39 is 0 Å². The molecule has 0 spiro atoms. The van der Waals surface area contributed by atoms with Crippen LogP contribution in [-0.4, -0.2) is 69.7 Å². The normalized spacial score (nSPS) is 20.7. The Kier molecular flexibility index (Phi) is 5.25. The monoisotopic (exact) mass is 387 g/mol. The van der Waals surface area contributed by atoms with Crippen molar-refractivity contribution in [3.05, 3.63) is 33.4 Å². The minimum Gasteiger partial charge on any atom is -0.375 e. The summed E-state index contributed by atoms with van der Waals surface area (Å²) in [4.78, 5) is 34.2. The molecule has 0 bridgehead atoms. The second kappa shape index (κ2) is 7.67. The highest BCUT2D eigenvalue weighted by atomic mass is 16.5. The molecule has 2 aromatic heterocycles. The molecule has 2 aliphatic rings. The molecular formula is C20H29N5O3. The van der Waals surface area contributed by atoms with Crippen molar-refractivity contribution in [3.63, 3.8) is 0 Å². The molecule has 152 valence electrons. The summed E-state index contributed by atoms with van der Waals surface area (Å²) >= 11 is 0. The third-order valence-electron chi connectivity index (χ3n) is 6.02. The Labute approximate surface area is 164 Å². The zero-order valence-corrected chi connectivity index (χ0v) is 16.9. The lowest BCUT2D eigenvalue weighted by Crippen LogP contribution is -2.41. The van der Waals surface area contributed by atoms with Crippen LogP contribution in [0.5, 0.6) is 0 Å². The first kappa shape index (κ1) is 19.1. The Bertz CT molecular complexity index is 932. The number of carbonyl (C=O) groups is 1. The zero-order valence-electron chi connectivity index (χ0n) is 16.9. The molecule has 8 nitrogen and oxygen atoms in total. The van der Waals surface area contributed by atoms with Gasteiger partial charge in [-0.25, -0.2) is 9.50 Å². The summed E-state index contributed by atoms with van der Waals surface area (Å²) in [6.07, 6.45) is 2.74. The number of aromatic amines is 1. The first-order valence-electron chi connectivity index (χ1n) is 10.1. The maximum Gasteiger partial charge on any atom is 0.277 e. The molecule has 0 saturated carbocycles. The summed E-state index contributed by atoms with van der Waals surface area (Å²) in [6.45, 7) is 7.41. The fraction of sp³-hybridized carbons (Fsp3) is 0.650. The maximum atomic E-state index is 13.1. The largest absolute Gasteiger partial charge is 0.375 e. The number of H-pyrrole nitrogens is 1. The molecule has 2 aliphatic heterocycles. The van der Waals surface area contributed by atoms with Crippen molar-refractivity contribution < 1.29 is 9.53 Å². The number of carbonyl (C=O) groups excluding carboxylic acids is 1. The second-order valence-corrected chi connectivity index (χ2v) is 8.17. The topological polar surface area (TPSA) is 82.9 Å². The fourth-order valence-corrected chi connectivity index (χ4v) is 4.34. The SMILES string of the molecule is COCC(=O)N1CCC[C@@H](c2cc3nc4c(c(=O)n3[nH]2)CN(C(C)C)CC4)C1. The highest BCUT2D eigenvalue weighted by molar-refractivity contribution is 5.77. The van der Waals surface area contributed by atoms with E-state index in [0.29, 0.717) is 24.8 Å². The smallest absolute Gasteiger partial charge is 0.277 e. The van der Waals surface area contributed by atoms with E-state index in [0.717, 1.165) is 49.3 Å². The minimum atomic E-state index is -0.000255. The number of amides is 1. The third-order valence-corrected chi connectivity index (χ3v) is 6.02. The quantitative estimate of drug-likeness (QED) is 0.851. The molecule has 0 aromatic carbocycles. The Morgan fingerprint density at radius 3 is 2.96 bits per heavy atom. The fourth-order valence-electron chi connectivity index (χ4n) is 4.34. The second-order valence-electron chi connectivity index (χ2n) is 8.17. The van der Waals surface area contributed by atoms with E-state index in [9.17, 15) is 9.59 Å². The van der Waals surface area contributed by atoms with Gasteiger partial charge in [0.15, 0.2) is 5.65 Å². The van der Waals surface area contributed by atoms with Gasteiger partial charge in [-0.1, -0.05) is 0 Å². The van der Waals surface area contributed by atoms with E-state index in [-0.39, 0.29) is 24.0 Å². The molecule has 1 fully saturated rings. The van der Waals surface area contributed by atoms with E-state index in [4.69, 9.17) is 9.72 Å². The predicted octanol–water partition coefficient (Wildman–Crippen LogP) is 1.14. The van der Waals surface area contributed by atoms with Gasteiger partial charge in [-0.2, -0.15) is 0 Å². The van der Waals surface area contributed by atoms with Gasteiger partial charge in [0.1, 0.15) is 6.61 Å². The molecule has 0 aliphatic carbocycles. The standard InChI is InChI=1S/C20H29N5O3/c1-13(2)23-8-6-16-15(11-23)20(27)25-18(21-16)9-17(22-25)14-5-4-7-24(10-14)19(26)12-28-3/h9,13-14,22H,4-8,10-12H2,1-3H3/t14-/m1/s1. The summed E-state index contributed by atoms with van der Waals surface area (Å²) in [5, 5.41) is 3.27. The molecule has 4 heterocycles. The van der Waals surface area contributed by atoms with E-state index in [2.05, 4.69) is 23.8 Å². The van der Waals surface area contributed by atoms with Crippen molar-refractivity contribution >= 4 is 11.6 Å². The number of hydrogen-bond donors (Lipinski definition) is 1. The van der Waals surface area contributed by atoms with E-state index in [1.165, 1.54) is 7.11 Å². The van der Waals surface area contributed by atoms with Crippen LogP contribution in [0.1, 0.15) is 49.6 Å². The molecule has 0 unspecified atom stereocenters. The van der Waals surface area contributed by atoms with Crippen LogP contribution in [0.4, 0.5) is 0 Å². The number of hydrogen-bond acceptors (Lipinski definition) is 5. The number of nitrogens with one attached hydrogen (secondary N) is 1. The van der Waals surface area contributed by atoms with Crippen LogP contribution in [-0.2, 0) is 22.5 Å². The third kappa shape index (κ3) is 3.46. The Hall–Kier alpha value is -2.19. The van der Waals surface area contributed by atoms with Gasteiger partial charge in [0.2, 0.25) is 5.91 Å².